The Kier molecular flexibility index (Phi) is 9.78. The first-order chi connectivity index (χ1) is 21.1. The van der Waals surface area contributed by atoms with E-state index < -0.39 is 29.5 Å². The van der Waals surface area contributed by atoms with Crippen LogP contribution < -0.4 is 14.8 Å². The van der Waals surface area contributed by atoms with Gasteiger partial charge in [-0.05, 0) is 0 Å². The van der Waals surface area contributed by atoms with Crippen molar-refractivity contribution >= 4 is 53.9 Å². The average molecular weight is 690 g/mol. The summed E-state index contributed by atoms with van der Waals surface area (Å²) in [7, 11) is -6.79. The maximum atomic E-state index is 14.1. The molecule has 44 heavy (non-hydrogen) atoms. The molecule has 0 N–H and O–H groups in total. The van der Waals surface area contributed by atoms with Gasteiger partial charge in [-0.25, -0.2) is 0 Å². The third-order valence-corrected chi connectivity index (χ3v) is 16.8. The van der Waals surface area contributed by atoms with E-state index in [1.165, 1.54) is 0 Å². The summed E-state index contributed by atoms with van der Waals surface area (Å²) in [6.45, 7) is 6.57. The molecular weight excluding hydrogens is 652 g/mol. The van der Waals surface area contributed by atoms with Crippen LogP contribution in [0.1, 0.15) is 33.6 Å². The summed E-state index contributed by atoms with van der Waals surface area (Å²) in [5.74, 6) is -0.438. The molecule has 8 heteroatoms. The van der Waals surface area contributed by atoms with Crippen LogP contribution in [0.3, 0.4) is 0 Å². The number of sulfone groups is 1. The first-order valence-electron chi connectivity index (χ1n) is 14.7. The van der Waals surface area contributed by atoms with Crippen molar-refractivity contribution in [3.63, 3.8) is 0 Å². The predicted octanol–water partition coefficient (Wildman–Crippen LogP) is 5.23. The van der Waals surface area contributed by atoms with Crippen molar-refractivity contribution in [2.75, 3.05) is 12.1 Å². The molecule has 0 amide bonds. The van der Waals surface area contributed by atoms with Crippen LogP contribution in [0.5, 0.6) is 0 Å². The van der Waals surface area contributed by atoms with E-state index in [4.69, 9.17) is 9.16 Å². The molecule has 4 aromatic carbocycles. The van der Waals surface area contributed by atoms with Crippen LogP contribution in [0.15, 0.2) is 137 Å². The van der Waals surface area contributed by atoms with E-state index >= 15 is 0 Å². The van der Waals surface area contributed by atoms with Gasteiger partial charge in [0.15, 0.2) is 0 Å². The van der Waals surface area contributed by atoms with Crippen LogP contribution in [0, 0.1) is 5.41 Å². The first kappa shape index (κ1) is 32.1. The molecule has 1 aliphatic carbocycles. The summed E-state index contributed by atoms with van der Waals surface area (Å²) in [6, 6.07) is 38.8. The Bertz CT molecular complexity index is 1650. The van der Waals surface area contributed by atoms with Crippen molar-refractivity contribution in [2.24, 2.45) is 5.41 Å². The third-order valence-electron chi connectivity index (χ3n) is 8.18. The minimum atomic E-state index is -3.78. The zero-order valence-electron chi connectivity index (χ0n) is 25.3. The SMILES string of the molecule is CC(C)(C)[Si](OCC1(C(=O)OC[Se]c2ccccc2)C=C(S(=O)(=O)c2ccccc2)CC1)(c1ccccc1)c1ccccc1. The van der Waals surface area contributed by atoms with Crippen LogP contribution in [0.4, 0.5) is 0 Å². The van der Waals surface area contributed by atoms with Crippen molar-refractivity contribution in [3.05, 3.63) is 132 Å². The number of hydrogen-bond acceptors (Lipinski definition) is 5. The third kappa shape index (κ3) is 6.55. The van der Waals surface area contributed by atoms with E-state index in [-0.39, 0.29) is 48.3 Å². The fourth-order valence-corrected chi connectivity index (χ4v) is 13.5. The fourth-order valence-electron chi connectivity index (χ4n) is 5.91. The van der Waals surface area contributed by atoms with Crippen molar-refractivity contribution in [1.82, 2.24) is 0 Å². The number of esters is 1. The molecule has 1 unspecified atom stereocenters. The summed E-state index contributed by atoms with van der Waals surface area (Å²) in [4.78, 5) is 14.5. The van der Waals surface area contributed by atoms with Gasteiger partial charge in [-0.3, -0.25) is 0 Å². The van der Waals surface area contributed by atoms with Gasteiger partial charge in [0.05, 0.1) is 0 Å². The van der Waals surface area contributed by atoms with E-state index in [1.807, 2.05) is 66.7 Å². The monoisotopic (exact) mass is 690 g/mol. The Morgan fingerprint density at radius 2 is 1.30 bits per heavy atom. The fraction of sp³-hybridized carbons (Fsp3) is 0.250. The number of ether oxygens (including phenoxy) is 1. The molecule has 0 radical (unpaired) electrons. The molecule has 1 atom stereocenters. The quantitative estimate of drug-likeness (QED) is 0.160. The van der Waals surface area contributed by atoms with Crippen LogP contribution >= 0.6 is 0 Å². The molecule has 0 fully saturated rings. The molecule has 0 heterocycles. The molecule has 0 saturated carbocycles. The molecular formula is C36H38O5SSeSi. The van der Waals surface area contributed by atoms with Gasteiger partial charge in [-0.1, -0.05) is 0 Å². The standard InChI is InChI=1S/C36H38O5SSeSi/c1-35(2,3)44(32-20-12-6-13-21-32,33-22-14-7-15-23-33)41-27-36(34(37)40-28-43-31-18-10-5-11-19-31)25-24-30(26-36)42(38,39)29-16-8-4-9-17-29/h4-23,26H,24-25,27-28H2,1-3H3. The van der Waals surface area contributed by atoms with Gasteiger partial charge in [0.1, 0.15) is 0 Å². The summed E-state index contributed by atoms with van der Waals surface area (Å²) >= 11 is -0.0712. The second-order valence-corrected chi connectivity index (χ2v) is 20.4. The summed E-state index contributed by atoms with van der Waals surface area (Å²) in [5, 5.41) is 1.88. The summed E-state index contributed by atoms with van der Waals surface area (Å²) in [6.07, 6.45) is 2.16. The predicted molar refractivity (Wildman–Crippen MR) is 180 cm³/mol. The Balaban J connectivity index is 1.55. The second kappa shape index (κ2) is 13.4. The van der Waals surface area contributed by atoms with Crippen LogP contribution in [0.2, 0.25) is 5.04 Å². The first-order valence-corrected chi connectivity index (χ1v) is 20.2. The van der Waals surface area contributed by atoms with Crippen molar-refractivity contribution in [3.8, 4) is 0 Å². The molecule has 0 aromatic heterocycles. The topological polar surface area (TPSA) is 69.7 Å². The van der Waals surface area contributed by atoms with Gasteiger partial charge >= 0.3 is 270 Å². The van der Waals surface area contributed by atoms with E-state index in [2.05, 4.69) is 45.0 Å². The zero-order valence-corrected chi connectivity index (χ0v) is 28.8. The van der Waals surface area contributed by atoms with Gasteiger partial charge in [0, 0.05) is 0 Å². The van der Waals surface area contributed by atoms with Crippen LogP contribution in [-0.4, -0.2) is 49.8 Å². The maximum absolute atomic E-state index is 14.1. The van der Waals surface area contributed by atoms with Crippen molar-refractivity contribution in [1.29, 1.82) is 0 Å². The number of allylic oxidation sites excluding steroid dienone is 1. The van der Waals surface area contributed by atoms with E-state index in [0.29, 0.717) is 6.42 Å². The Labute approximate surface area is 268 Å². The Morgan fingerprint density at radius 1 is 0.795 bits per heavy atom. The molecule has 5 rings (SSSR count). The summed E-state index contributed by atoms with van der Waals surface area (Å²) < 4.78 is 41.7. The molecule has 1 aliphatic rings. The van der Waals surface area contributed by atoms with E-state index in [9.17, 15) is 13.2 Å². The number of hydrogen-bond donors (Lipinski definition) is 0. The Morgan fingerprint density at radius 3 is 1.82 bits per heavy atom. The molecule has 0 bridgehead atoms. The van der Waals surface area contributed by atoms with Crippen molar-refractivity contribution in [2.45, 2.75) is 43.5 Å². The molecule has 0 saturated heterocycles. The number of rotatable bonds is 11. The van der Waals surface area contributed by atoms with Crippen LogP contribution in [0.25, 0.3) is 0 Å². The summed E-state index contributed by atoms with van der Waals surface area (Å²) in [5.41, 5.74) is -0.984. The molecule has 5 nitrogen and oxygen atoms in total. The molecule has 228 valence electrons. The van der Waals surface area contributed by atoms with Gasteiger partial charge in [0.2, 0.25) is 0 Å². The molecule has 0 aliphatic heterocycles. The zero-order chi connectivity index (χ0) is 31.3. The number of carbonyl (C=O) groups is 1. The van der Waals surface area contributed by atoms with Gasteiger partial charge < -0.3 is 0 Å². The van der Waals surface area contributed by atoms with Crippen LogP contribution in [-0.2, 0) is 23.8 Å². The normalized spacial score (nSPS) is 17.2. The number of carbonyl (C=O) groups excluding carboxylic acids is 1. The minimum absolute atomic E-state index is 0.0191. The average Bonchev–Trinajstić information content (AvgIpc) is 3.49. The van der Waals surface area contributed by atoms with Gasteiger partial charge in [-0.2, -0.15) is 0 Å². The van der Waals surface area contributed by atoms with E-state index in [0.717, 1.165) is 14.8 Å². The van der Waals surface area contributed by atoms with Gasteiger partial charge in [0.25, 0.3) is 0 Å². The molecule has 0 spiro atoms. The Hall–Kier alpha value is -3.26. The molecule has 4 aromatic rings. The van der Waals surface area contributed by atoms with E-state index in [1.54, 1.807) is 36.4 Å². The second-order valence-electron chi connectivity index (χ2n) is 12.0. The van der Waals surface area contributed by atoms with Crippen molar-refractivity contribution < 1.29 is 22.4 Å². The number of benzene rings is 4. The van der Waals surface area contributed by atoms with Gasteiger partial charge in [-0.15, -0.1) is 0 Å².